The first-order chi connectivity index (χ1) is 9.60. The van der Waals surface area contributed by atoms with Gasteiger partial charge in [0.2, 0.25) is 0 Å². The third-order valence-corrected chi connectivity index (χ3v) is 3.04. The maximum atomic E-state index is 12.4. The zero-order chi connectivity index (χ0) is 15.0. The van der Waals surface area contributed by atoms with E-state index in [0.717, 1.165) is 25.7 Å². The summed E-state index contributed by atoms with van der Waals surface area (Å²) >= 11 is 0. The molecule has 0 spiro atoms. The summed E-state index contributed by atoms with van der Waals surface area (Å²) in [7, 11) is 0. The van der Waals surface area contributed by atoms with Gasteiger partial charge >= 0.3 is 5.97 Å². The lowest BCUT2D eigenvalue weighted by atomic mass is 10.2. The fraction of sp³-hybridized carbons (Fsp3) is 0.533. The molecular formula is C15H22N2O3. The lowest BCUT2D eigenvalue weighted by molar-refractivity contribution is 0.0689. The molecule has 5 heteroatoms. The third kappa shape index (κ3) is 4.64. The number of unbranched alkanes of at least 4 members (excludes halogenated alkanes) is 2. The van der Waals surface area contributed by atoms with Crippen LogP contribution >= 0.6 is 0 Å². The number of pyridine rings is 1. The molecule has 5 nitrogen and oxygen atoms in total. The summed E-state index contributed by atoms with van der Waals surface area (Å²) in [5.41, 5.74) is 0.110. The van der Waals surface area contributed by atoms with Crippen LogP contribution in [0.3, 0.4) is 0 Å². The summed E-state index contributed by atoms with van der Waals surface area (Å²) in [5.74, 6) is -1.30. The summed E-state index contributed by atoms with van der Waals surface area (Å²) in [5, 5.41) is 8.93. The first-order valence-corrected chi connectivity index (χ1v) is 7.09. The average molecular weight is 278 g/mol. The Balaban J connectivity index is 2.86. The van der Waals surface area contributed by atoms with Crippen molar-refractivity contribution in [3.8, 4) is 0 Å². The van der Waals surface area contributed by atoms with Crippen molar-refractivity contribution in [1.29, 1.82) is 0 Å². The Morgan fingerprint density at radius 3 is 2.15 bits per heavy atom. The minimum atomic E-state index is -1.12. The van der Waals surface area contributed by atoms with Gasteiger partial charge in [0.1, 0.15) is 11.4 Å². The Bertz CT molecular complexity index is 452. The van der Waals surface area contributed by atoms with Crippen molar-refractivity contribution in [3.63, 3.8) is 0 Å². The number of hydrogen-bond donors (Lipinski definition) is 1. The van der Waals surface area contributed by atoms with E-state index in [0.29, 0.717) is 13.1 Å². The molecule has 1 aromatic rings. The van der Waals surface area contributed by atoms with Crippen molar-refractivity contribution >= 4 is 11.9 Å². The van der Waals surface area contributed by atoms with Gasteiger partial charge in [-0.2, -0.15) is 0 Å². The van der Waals surface area contributed by atoms with Crippen LogP contribution in [0, 0.1) is 0 Å². The molecule has 0 unspecified atom stereocenters. The zero-order valence-electron chi connectivity index (χ0n) is 12.1. The number of aromatic carboxylic acids is 1. The normalized spacial score (nSPS) is 10.3. The van der Waals surface area contributed by atoms with Crippen LogP contribution in [0.2, 0.25) is 0 Å². The SMILES string of the molecule is CCCCN(CCCC)C(=O)c1cccc(C(=O)O)n1. The molecule has 1 amide bonds. The van der Waals surface area contributed by atoms with Gasteiger partial charge in [-0.1, -0.05) is 32.8 Å². The van der Waals surface area contributed by atoms with Crippen molar-refractivity contribution in [2.45, 2.75) is 39.5 Å². The van der Waals surface area contributed by atoms with Gasteiger partial charge in [0.05, 0.1) is 0 Å². The molecule has 1 heterocycles. The van der Waals surface area contributed by atoms with Crippen LogP contribution in [0.4, 0.5) is 0 Å². The summed E-state index contributed by atoms with van der Waals surface area (Å²) in [6.45, 7) is 5.53. The molecule has 1 rings (SSSR count). The number of carbonyl (C=O) groups excluding carboxylic acids is 1. The van der Waals surface area contributed by atoms with Gasteiger partial charge in [0, 0.05) is 13.1 Å². The van der Waals surface area contributed by atoms with Gasteiger partial charge in [-0.15, -0.1) is 0 Å². The molecule has 0 fully saturated rings. The highest BCUT2D eigenvalue weighted by Crippen LogP contribution is 2.07. The second-order valence-corrected chi connectivity index (χ2v) is 4.71. The van der Waals surface area contributed by atoms with Crippen LogP contribution in [0.15, 0.2) is 18.2 Å². The summed E-state index contributed by atoms with van der Waals surface area (Å²) in [6.07, 6.45) is 3.90. The van der Waals surface area contributed by atoms with Crippen LogP contribution in [0.25, 0.3) is 0 Å². The van der Waals surface area contributed by atoms with Crippen LogP contribution in [-0.2, 0) is 0 Å². The molecule has 1 N–H and O–H groups in total. The van der Waals surface area contributed by atoms with Crippen LogP contribution in [0.1, 0.15) is 60.5 Å². The van der Waals surface area contributed by atoms with Crippen molar-refractivity contribution in [2.24, 2.45) is 0 Å². The van der Waals surface area contributed by atoms with Crippen molar-refractivity contribution < 1.29 is 14.7 Å². The molecule has 0 aliphatic heterocycles. The van der Waals surface area contributed by atoms with Gasteiger partial charge in [-0.25, -0.2) is 9.78 Å². The minimum Gasteiger partial charge on any atom is -0.477 e. The standard InChI is InChI=1S/C15H22N2O3/c1-3-5-10-17(11-6-4-2)14(18)12-8-7-9-13(16-12)15(19)20/h7-9H,3-6,10-11H2,1-2H3,(H,19,20). The van der Waals surface area contributed by atoms with E-state index >= 15 is 0 Å². The van der Waals surface area contributed by atoms with E-state index in [4.69, 9.17) is 5.11 Å². The lowest BCUT2D eigenvalue weighted by Crippen LogP contribution is -2.33. The first-order valence-electron chi connectivity index (χ1n) is 7.09. The largest absolute Gasteiger partial charge is 0.477 e. The van der Waals surface area contributed by atoms with Gasteiger partial charge in [0.15, 0.2) is 0 Å². The molecule has 110 valence electrons. The summed E-state index contributed by atoms with van der Waals surface area (Å²) in [6, 6.07) is 4.52. The van der Waals surface area contributed by atoms with Gasteiger partial charge < -0.3 is 10.0 Å². The van der Waals surface area contributed by atoms with Gasteiger partial charge in [-0.05, 0) is 25.0 Å². The Hall–Kier alpha value is -1.91. The maximum Gasteiger partial charge on any atom is 0.354 e. The topological polar surface area (TPSA) is 70.5 Å². The highest BCUT2D eigenvalue weighted by atomic mass is 16.4. The van der Waals surface area contributed by atoms with Gasteiger partial charge in [-0.3, -0.25) is 4.79 Å². The fourth-order valence-electron chi connectivity index (χ4n) is 1.85. The molecule has 20 heavy (non-hydrogen) atoms. The maximum absolute atomic E-state index is 12.4. The quantitative estimate of drug-likeness (QED) is 0.793. The highest BCUT2D eigenvalue weighted by molar-refractivity contribution is 5.94. The molecule has 0 atom stereocenters. The Labute approximate surface area is 119 Å². The summed E-state index contributed by atoms with van der Waals surface area (Å²) < 4.78 is 0. The van der Waals surface area contributed by atoms with E-state index in [1.165, 1.54) is 6.07 Å². The predicted octanol–water partition coefficient (Wildman–Crippen LogP) is 2.82. The molecule has 0 aliphatic carbocycles. The van der Waals surface area contributed by atoms with Crippen molar-refractivity contribution in [3.05, 3.63) is 29.6 Å². The van der Waals surface area contributed by atoms with E-state index in [-0.39, 0.29) is 17.3 Å². The zero-order valence-corrected chi connectivity index (χ0v) is 12.1. The predicted molar refractivity (Wildman–Crippen MR) is 76.9 cm³/mol. The number of carboxylic acid groups (broad SMARTS) is 1. The molecule has 0 aromatic carbocycles. The second kappa shape index (κ2) is 8.30. The second-order valence-electron chi connectivity index (χ2n) is 4.71. The minimum absolute atomic E-state index is 0.0956. The molecule has 0 saturated carbocycles. The van der Waals surface area contributed by atoms with E-state index in [1.54, 1.807) is 17.0 Å². The first kappa shape index (κ1) is 16.1. The highest BCUT2D eigenvalue weighted by Gasteiger charge is 2.17. The smallest absolute Gasteiger partial charge is 0.354 e. The Morgan fingerprint density at radius 2 is 1.65 bits per heavy atom. The number of amides is 1. The van der Waals surface area contributed by atoms with Crippen LogP contribution < -0.4 is 0 Å². The Morgan fingerprint density at radius 1 is 1.10 bits per heavy atom. The number of rotatable bonds is 8. The van der Waals surface area contributed by atoms with E-state index in [2.05, 4.69) is 18.8 Å². The lowest BCUT2D eigenvalue weighted by Gasteiger charge is -2.22. The molecule has 1 aromatic heterocycles. The number of carboxylic acids is 1. The van der Waals surface area contributed by atoms with E-state index in [9.17, 15) is 9.59 Å². The molecular weight excluding hydrogens is 256 g/mol. The van der Waals surface area contributed by atoms with Gasteiger partial charge in [0.25, 0.3) is 5.91 Å². The van der Waals surface area contributed by atoms with Crippen LogP contribution in [-0.4, -0.2) is 40.0 Å². The van der Waals surface area contributed by atoms with Crippen LogP contribution in [0.5, 0.6) is 0 Å². The molecule has 0 saturated heterocycles. The molecule has 0 radical (unpaired) electrons. The third-order valence-electron chi connectivity index (χ3n) is 3.04. The fourth-order valence-corrected chi connectivity index (χ4v) is 1.85. The van der Waals surface area contributed by atoms with E-state index < -0.39 is 5.97 Å². The van der Waals surface area contributed by atoms with Crippen molar-refractivity contribution in [2.75, 3.05) is 13.1 Å². The summed E-state index contributed by atoms with van der Waals surface area (Å²) in [4.78, 5) is 29.0. The molecule has 0 aliphatic rings. The number of aromatic nitrogens is 1. The Kier molecular flexibility index (Phi) is 6.70. The molecule has 0 bridgehead atoms. The van der Waals surface area contributed by atoms with E-state index in [1.807, 2.05) is 0 Å². The monoisotopic (exact) mass is 278 g/mol. The van der Waals surface area contributed by atoms with Crippen molar-refractivity contribution in [1.82, 2.24) is 9.88 Å². The number of carbonyl (C=O) groups is 2. The average Bonchev–Trinajstić information content (AvgIpc) is 2.47. The number of hydrogen-bond acceptors (Lipinski definition) is 3. The number of nitrogens with zero attached hydrogens (tertiary/aromatic N) is 2.